The molecule has 9 heteroatoms. The molecule has 1 unspecified atom stereocenters. The fourth-order valence-electron chi connectivity index (χ4n) is 2.56. The fraction of sp³-hybridized carbons (Fsp3) is 0.176. The van der Waals surface area contributed by atoms with Crippen LogP contribution in [-0.4, -0.2) is 37.9 Å². The second-order valence-electron chi connectivity index (χ2n) is 5.57. The van der Waals surface area contributed by atoms with Crippen LogP contribution in [0.15, 0.2) is 47.2 Å². The molecule has 0 aliphatic rings. The van der Waals surface area contributed by atoms with Gasteiger partial charge in [0.2, 0.25) is 5.78 Å². The van der Waals surface area contributed by atoms with Crippen LogP contribution in [0.1, 0.15) is 22.7 Å². The van der Waals surface area contributed by atoms with Crippen LogP contribution < -0.4 is 5.73 Å². The lowest BCUT2D eigenvalue weighted by molar-refractivity contribution is -0.138. The van der Waals surface area contributed by atoms with E-state index in [-0.39, 0.29) is 24.2 Å². The molecule has 1 atom stereocenters. The summed E-state index contributed by atoms with van der Waals surface area (Å²) < 4.78 is 5.20. The van der Waals surface area contributed by atoms with Crippen LogP contribution in [0.2, 0.25) is 0 Å². The summed E-state index contributed by atoms with van der Waals surface area (Å²) in [5, 5.41) is 10.2. The molecule has 3 heterocycles. The van der Waals surface area contributed by atoms with Crippen molar-refractivity contribution in [1.82, 2.24) is 20.4 Å². The van der Waals surface area contributed by atoms with Crippen molar-refractivity contribution in [2.24, 2.45) is 11.7 Å². The van der Waals surface area contributed by atoms with E-state index in [4.69, 9.17) is 10.2 Å². The van der Waals surface area contributed by atoms with Gasteiger partial charge in [0.05, 0.1) is 12.0 Å². The van der Waals surface area contributed by atoms with E-state index < -0.39 is 23.4 Å². The summed E-state index contributed by atoms with van der Waals surface area (Å²) in [6.45, 7) is 0. The first-order chi connectivity index (χ1) is 12.6. The number of carbonyl (C=O) groups is 3. The van der Waals surface area contributed by atoms with Gasteiger partial charge >= 0.3 is 0 Å². The SMILES string of the molecule is NC(=O)C(=O)C(CC(=O)c1n[nH]nc1-c1ccccn1)Cc1ccco1. The summed E-state index contributed by atoms with van der Waals surface area (Å²) in [4.78, 5) is 40.2. The van der Waals surface area contributed by atoms with Crippen molar-refractivity contribution in [2.75, 3.05) is 0 Å². The van der Waals surface area contributed by atoms with E-state index in [1.165, 1.54) is 6.26 Å². The maximum Gasteiger partial charge on any atom is 0.285 e. The summed E-state index contributed by atoms with van der Waals surface area (Å²) in [5.41, 5.74) is 5.90. The van der Waals surface area contributed by atoms with Gasteiger partial charge in [-0.2, -0.15) is 15.4 Å². The van der Waals surface area contributed by atoms with Gasteiger partial charge in [-0.1, -0.05) is 6.07 Å². The number of aromatic amines is 1. The number of amides is 1. The number of primary amides is 1. The molecule has 0 fully saturated rings. The normalized spacial score (nSPS) is 11.8. The summed E-state index contributed by atoms with van der Waals surface area (Å²) >= 11 is 0. The molecule has 0 saturated heterocycles. The zero-order valence-corrected chi connectivity index (χ0v) is 13.6. The van der Waals surface area contributed by atoms with Gasteiger partial charge in [-0.15, -0.1) is 0 Å². The zero-order chi connectivity index (χ0) is 18.5. The number of nitrogens with one attached hydrogen (secondary N) is 1. The predicted molar refractivity (Wildman–Crippen MR) is 88.7 cm³/mol. The van der Waals surface area contributed by atoms with E-state index in [1.807, 2.05) is 0 Å². The Balaban J connectivity index is 1.83. The highest BCUT2D eigenvalue weighted by atomic mass is 16.3. The van der Waals surface area contributed by atoms with E-state index in [0.29, 0.717) is 11.5 Å². The summed E-state index contributed by atoms with van der Waals surface area (Å²) in [5.74, 6) is -2.86. The van der Waals surface area contributed by atoms with Gasteiger partial charge in [0, 0.05) is 25.0 Å². The number of pyridine rings is 1. The minimum Gasteiger partial charge on any atom is -0.469 e. The highest BCUT2D eigenvalue weighted by molar-refractivity contribution is 6.36. The van der Waals surface area contributed by atoms with Crippen LogP contribution in [0, 0.1) is 5.92 Å². The Morgan fingerprint density at radius 3 is 2.65 bits per heavy atom. The zero-order valence-electron chi connectivity index (χ0n) is 13.6. The molecular weight excluding hydrogens is 338 g/mol. The summed E-state index contributed by atoms with van der Waals surface area (Å²) in [6.07, 6.45) is 2.83. The Bertz CT molecular complexity index is 918. The topological polar surface area (TPSA) is 145 Å². The third-order valence-corrected chi connectivity index (χ3v) is 3.79. The van der Waals surface area contributed by atoms with Crippen LogP contribution in [0.5, 0.6) is 0 Å². The number of H-pyrrole nitrogens is 1. The van der Waals surface area contributed by atoms with E-state index in [9.17, 15) is 14.4 Å². The van der Waals surface area contributed by atoms with E-state index in [2.05, 4.69) is 20.4 Å². The van der Waals surface area contributed by atoms with Crippen LogP contribution in [0.25, 0.3) is 11.4 Å². The largest absolute Gasteiger partial charge is 0.469 e. The first kappa shape index (κ1) is 17.2. The Morgan fingerprint density at radius 1 is 1.15 bits per heavy atom. The number of ketones is 2. The number of rotatable bonds is 8. The van der Waals surface area contributed by atoms with Crippen molar-refractivity contribution in [3.63, 3.8) is 0 Å². The molecule has 0 bridgehead atoms. The van der Waals surface area contributed by atoms with Crippen molar-refractivity contribution in [3.05, 3.63) is 54.2 Å². The highest BCUT2D eigenvalue weighted by Crippen LogP contribution is 2.21. The van der Waals surface area contributed by atoms with Gasteiger partial charge < -0.3 is 10.2 Å². The quantitative estimate of drug-likeness (QED) is 0.453. The second-order valence-corrected chi connectivity index (χ2v) is 5.57. The molecular formula is C17H15N5O4. The molecule has 0 spiro atoms. The number of furan rings is 1. The van der Waals surface area contributed by atoms with E-state index in [0.717, 1.165) is 0 Å². The Morgan fingerprint density at radius 2 is 2.00 bits per heavy atom. The van der Waals surface area contributed by atoms with Gasteiger partial charge in [-0.05, 0) is 24.3 Å². The number of aromatic nitrogens is 4. The van der Waals surface area contributed by atoms with Crippen molar-refractivity contribution in [2.45, 2.75) is 12.8 Å². The fourth-order valence-corrected chi connectivity index (χ4v) is 2.56. The average molecular weight is 353 g/mol. The molecule has 0 aromatic carbocycles. The van der Waals surface area contributed by atoms with Crippen molar-refractivity contribution in [3.8, 4) is 11.4 Å². The monoisotopic (exact) mass is 353 g/mol. The Labute approximate surface area is 147 Å². The summed E-state index contributed by atoms with van der Waals surface area (Å²) in [7, 11) is 0. The second kappa shape index (κ2) is 7.51. The minimum atomic E-state index is -1.10. The third kappa shape index (κ3) is 3.72. The number of carbonyl (C=O) groups excluding carboxylic acids is 3. The Kier molecular flexibility index (Phi) is 4.97. The van der Waals surface area contributed by atoms with Gasteiger partial charge in [0.1, 0.15) is 11.5 Å². The van der Waals surface area contributed by atoms with Crippen LogP contribution in [0.3, 0.4) is 0 Å². The van der Waals surface area contributed by atoms with Gasteiger partial charge in [0.15, 0.2) is 11.5 Å². The average Bonchev–Trinajstić information content (AvgIpc) is 3.32. The van der Waals surface area contributed by atoms with Crippen molar-refractivity contribution in [1.29, 1.82) is 0 Å². The lowest BCUT2D eigenvalue weighted by Crippen LogP contribution is -2.32. The smallest absolute Gasteiger partial charge is 0.285 e. The molecule has 0 radical (unpaired) electrons. The minimum absolute atomic E-state index is 0.0467. The molecule has 3 aromatic heterocycles. The van der Waals surface area contributed by atoms with Crippen LogP contribution in [0.4, 0.5) is 0 Å². The molecule has 1 amide bonds. The summed E-state index contributed by atoms with van der Waals surface area (Å²) in [6, 6.07) is 8.47. The number of nitrogens with two attached hydrogens (primary N) is 1. The maximum absolute atomic E-state index is 12.7. The molecule has 3 rings (SSSR count). The molecule has 9 nitrogen and oxygen atoms in total. The molecule has 3 aromatic rings. The van der Waals surface area contributed by atoms with Crippen LogP contribution in [-0.2, 0) is 16.0 Å². The molecule has 26 heavy (non-hydrogen) atoms. The molecule has 0 saturated carbocycles. The van der Waals surface area contributed by atoms with E-state index >= 15 is 0 Å². The lowest BCUT2D eigenvalue weighted by atomic mass is 9.91. The van der Waals surface area contributed by atoms with Crippen molar-refractivity contribution < 1.29 is 18.8 Å². The number of nitrogens with zero attached hydrogens (tertiary/aromatic N) is 3. The van der Waals surface area contributed by atoms with Gasteiger partial charge in [0.25, 0.3) is 5.91 Å². The lowest BCUT2D eigenvalue weighted by Gasteiger charge is -2.11. The maximum atomic E-state index is 12.7. The molecule has 3 N–H and O–H groups in total. The number of hydrogen-bond donors (Lipinski definition) is 2. The molecule has 0 aliphatic heterocycles. The number of Topliss-reactive ketones (excluding diaryl/α,β-unsaturated/α-hetero) is 2. The van der Waals surface area contributed by atoms with Crippen molar-refractivity contribution >= 4 is 17.5 Å². The Hall–Kier alpha value is -3.62. The molecule has 132 valence electrons. The third-order valence-electron chi connectivity index (χ3n) is 3.79. The standard InChI is InChI=1S/C17H15N5O4/c18-17(25)16(24)10(8-11-4-3-7-26-11)9-13(23)15-14(20-22-21-15)12-5-1-2-6-19-12/h1-7,10H,8-9H2,(H2,18,25)(H,20,21,22). The first-order valence-electron chi connectivity index (χ1n) is 7.77. The number of hydrogen-bond acceptors (Lipinski definition) is 7. The van der Waals surface area contributed by atoms with E-state index in [1.54, 1.807) is 36.5 Å². The van der Waals surface area contributed by atoms with Gasteiger partial charge in [-0.3, -0.25) is 19.4 Å². The first-order valence-corrected chi connectivity index (χ1v) is 7.77. The van der Waals surface area contributed by atoms with Gasteiger partial charge in [-0.25, -0.2) is 0 Å². The van der Waals surface area contributed by atoms with Crippen LogP contribution >= 0.6 is 0 Å². The molecule has 0 aliphatic carbocycles. The predicted octanol–water partition coefficient (Wildman–Crippen LogP) is 0.946. The highest BCUT2D eigenvalue weighted by Gasteiger charge is 2.29.